The van der Waals surface area contributed by atoms with Crippen molar-refractivity contribution in [2.45, 2.75) is 44.1 Å². The summed E-state index contributed by atoms with van der Waals surface area (Å²) < 4.78 is 0. The molecule has 4 bridgehead atoms. The van der Waals surface area contributed by atoms with E-state index in [1.165, 1.54) is 38.5 Å². The maximum Gasteiger partial charge on any atom is 0.187 e. The van der Waals surface area contributed by atoms with Gasteiger partial charge in [-0.25, -0.2) is 0 Å². The molecule has 2 aromatic heterocycles. The molecule has 144 valence electrons. The number of nitrogens with one attached hydrogen (secondary N) is 2. The van der Waals surface area contributed by atoms with E-state index in [1.54, 1.807) is 12.4 Å². The molecule has 4 aliphatic rings. The van der Waals surface area contributed by atoms with Crippen LogP contribution in [-0.4, -0.2) is 26.3 Å². The van der Waals surface area contributed by atoms with Gasteiger partial charge >= 0.3 is 0 Å². The summed E-state index contributed by atoms with van der Waals surface area (Å²) >= 11 is 5.64. The molecule has 0 amide bonds. The first kappa shape index (κ1) is 17.7. The summed E-state index contributed by atoms with van der Waals surface area (Å²) in [7, 11) is 0. The average Bonchev–Trinajstić information content (AvgIpc) is 2.68. The van der Waals surface area contributed by atoms with Crippen molar-refractivity contribution in [1.82, 2.24) is 20.7 Å². The first-order valence-electron chi connectivity index (χ1n) is 10.2. The van der Waals surface area contributed by atoms with E-state index in [4.69, 9.17) is 12.2 Å². The number of nitrogens with zero attached hydrogens (tertiary/aromatic N) is 3. The van der Waals surface area contributed by atoms with E-state index in [0.29, 0.717) is 10.8 Å². The summed E-state index contributed by atoms with van der Waals surface area (Å²) in [5.74, 6) is 2.63. The molecule has 6 heteroatoms. The molecule has 6 rings (SSSR count). The Bertz CT molecular complexity index is 804. The van der Waals surface area contributed by atoms with Gasteiger partial charge in [0.25, 0.3) is 0 Å². The predicted octanol–water partition coefficient (Wildman–Crippen LogP) is 3.66. The molecule has 28 heavy (non-hydrogen) atoms. The van der Waals surface area contributed by atoms with Crippen molar-refractivity contribution in [3.8, 4) is 0 Å². The molecule has 5 nitrogen and oxygen atoms in total. The SMILES string of the molecule is S=C(NN=C(c1ccccn1)c1ccccn1)NC12CC3CC(CC(C3)C1)C2. The minimum absolute atomic E-state index is 0.171. The van der Waals surface area contributed by atoms with E-state index >= 15 is 0 Å². The minimum atomic E-state index is 0.171. The van der Waals surface area contributed by atoms with Crippen molar-refractivity contribution < 1.29 is 0 Å². The number of hydrogen-bond acceptors (Lipinski definition) is 4. The molecule has 4 aliphatic carbocycles. The van der Waals surface area contributed by atoms with E-state index in [-0.39, 0.29) is 5.54 Å². The highest BCUT2D eigenvalue weighted by Crippen LogP contribution is 2.55. The van der Waals surface area contributed by atoms with Gasteiger partial charge in [-0.3, -0.25) is 15.4 Å². The second-order valence-corrected chi connectivity index (χ2v) is 9.06. The van der Waals surface area contributed by atoms with Gasteiger partial charge in [0.05, 0.1) is 11.4 Å². The smallest absolute Gasteiger partial charge is 0.187 e. The van der Waals surface area contributed by atoms with Crippen molar-refractivity contribution >= 4 is 23.0 Å². The van der Waals surface area contributed by atoms with Crippen LogP contribution < -0.4 is 10.7 Å². The van der Waals surface area contributed by atoms with Crippen LogP contribution in [0.5, 0.6) is 0 Å². The standard InChI is InChI=1S/C22H25N5S/c28-21(25-22-12-15-9-16(13-22)11-17(10-15)14-22)27-26-20(18-5-1-3-7-23-18)19-6-2-4-8-24-19/h1-8,15-17H,9-14H2,(H2,25,27,28). The first-order valence-corrected chi connectivity index (χ1v) is 10.6. The van der Waals surface area contributed by atoms with E-state index in [9.17, 15) is 0 Å². The van der Waals surface area contributed by atoms with Crippen LogP contribution in [-0.2, 0) is 0 Å². The van der Waals surface area contributed by atoms with Gasteiger partial charge in [-0.05, 0) is 92.8 Å². The van der Waals surface area contributed by atoms with Crippen LogP contribution in [0.2, 0.25) is 0 Å². The van der Waals surface area contributed by atoms with E-state index in [1.807, 2.05) is 36.4 Å². The van der Waals surface area contributed by atoms with Crippen molar-refractivity contribution in [3.63, 3.8) is 0 Å². The van der Waals surface area contributed by atoms with Gasteiger partial charge in [0.1, 0.15) is 5.71 Å². The van der Waals surface area contributed by atoms with Crippen molar-refractivity contribution in [2.75, 3.05) is 0 Å². The molecule has 2 N–H and O–H groups in total. The lowest BCUT2D eigenvalue weighted by Crippen LogP contribution is -2.61. The molecule has 0 atom stereocenters. The summed E-state index contributed by atoms with van der Waals surface area (Å²) in [6.07, 6.45) is 11.5. The van der Waals surface area contributed by atoms with E-state index < -0.39 is 0 Å². The van der Waals surface area contributed by atoms with Crippen LogP contribution in [0.25, 0.3) is 0 Å². The number of rotatable bonds is 4. The fourth-order valence-electron chi connectivity index (χ4n) is 5.89. The lowest BCUT2D eigenvalue weighted by molar-refractivity contribution is -0.0101. The fourth-order valence-corrected chi connectivity index (χ4v) is 6.15. The molecule has 0 spiro atoms. The second kappa shape index (κ2) is 7.24. The van der Waals surface area contributed by atoms with Gasteiger partial charge < -0.3 is 5.32 Å². The Morgan fingerprint density at radius 3 is 1.89 bits per heavy atom. The quantitative estimate of drug-likeness (QED) is 0.473. The number of hydrogen-bond donors (Lipinski definition) is 2. The highest BCUT2D eigenvalue weighted by molar-refractivity contribution is 7.80. The molecule has 4 saturated carbocycles. The molecule has 2 heterocycles. The summed E-state index contributed by atoms with van der Waals surface area (Å²) in [4.78, 5) is 8.88. The third-order valence-electron chi connectivity index (χ3n) is 6.50. The summed E-state index contributed by atoms with van der Waals surface area (Å²) in [5, 5.41) is 8.86. The zero-order valence-electron chi connectivity index (χ0n) is 15.8. The van der Waals surface area contributed by atoms with Gasteiger partial charge in [0, 0.05) is 17.9 Å². The summed E-state index contributed by atoms with van der Waals surface area (Å²) in [5.41, 5.74) is 5.48. The normalized spacial score (nSPS) is 29.9. The zero-order chi connectivity index (χ0) is 19.0. The Labute approximate surface area is 171 Å². The highest BCUT2D eigenvalue weighted by Gasteiger charge is 2.51. The monoisotopic (exact) mass is 391 g/mol. The van der Waals surface area contributed by atoms with Gasteiger partial charge in [-0.1, -0.05) is 12.1 Å². The molecule has 0 aliphatic heterocycles. The van der Waals surface area contributed by atoms with E-state index in [2.05, 4.69) is 25.8 Å². The van der Waals surface area contributed by atoms with Crippen LogP contribution in [0.3, 0.4) is 0 Å². The zero-order valence-corrected chi connectivity index (χ0v) is 16.7. The maximum atomic E-state index is 5.64. The van der Waals surface area contributed by atoms with Gasteiger partial charge in [0.15, 0.2) is 5.11 Å². The Balaban J connectivity index is 1.34. The largest absolute Gasteiger partial charge is 0.356 e. The summed E-state index contributed by atoms with van der Waals surface area (Å²) in [6.45, 7) is 0. The third-order valence-corrected chi connectivity index (χ3v) is 6.69. The Hall–Kier alpha value is -2.34. The van der Waals surface area contributed by atoms with Gasteiger partial charge in [-0.15, -0.1) is 0 Å². The van der Waals surface area contributed by atoms with Crippen LogP contribution in [0.1, 0.15) is 49.9 Å². The van der Waals surface area contributed by atoms with E-state index in [0.717, 1.165) is 29.1 Å². The molecule has 2 aromatic rings. The lowest BCUT2D eigenvalue weighted by Gasteiger charge is -2.57. The number of hydrazone groups is 1. The fraction of sp³-hybridized carbons (Fsp3) is 0.455. The maximum absolute atomic E-state index is 5.64. The van der Waals surface area contributed by atoms with Gasteiger partial charge in [-0.2, -0.15) is 5.10 Å². The van der Waals surface area contributed by atoms with Crippen molar-refractivity contribution in [3.05, 3.63) is 60.2 Å². The van der Waals surface area contributed by atoms with Crippen molar-refractivity contribution in [2.24, 2.45) is 22.9 Å². The Morgan fingerprint density at radius 1 is 0.893 bits per heavy atom. The second-order valence-electron chi connectivity index (χ2n) is 8.65. The van der Waals surface area contributed by atoms with Crippen LogP contribution in [0.15, 0.2) is 53.9 Å². The topological polar surface area (TPSA) is 62.2 Å². The Kier molecular flexibility index (Phi) is 4.59. The first-order chi connectivity index (χ1) is 13.7. The molecular formula is C22H25N5S. The molecule has 0 saturated heterocycles. The predicted molar refractivity (Wildman–Crippen MR) is 114 cm³/mol. The number of aromatic nitrogens is 2. The molecule has 0 unspecified atom stereocenters. The number of pyridine rings is 2. The van der Waals surface area contributed by atoms with Crippen LogP contribution >= 0.6 is 12.2 Å². The van der Waals surface area contributed by atoms with Crippen LogP contribution in [0, 0.1) is 17.8 Å². The lowest BCUT2D eigenvalue weighted by atomic mass is 9.53. The van der Waals surface area contributed by atoms with Gasteiger partial charge in [0.2, 0.25) is 0 Å². The molecular weight excluding hydrogens is 366 g/mol. The summed E-state index contributed by atoms with van der Waals surface area (Å²) in [6, 6.07) is 11.6. The Morgan fingerprint density at radius 2 is 1.43 bits per heavy atom. The van der Waals surface area contributed by atoms with Crippen LogP contribution in [0.4, 0.5) is 0 Å². The third kappa shape index (κ3) is 3.53. The molecule has 0 radical (unpaired) electrons. The average molecular weight is 392 g/mol. The molecule has 0 aromatic carbocycles. The molecule has 4 fully saturated rings. The van der Waals surface area contributed by atoms with Crippen molar-refractivity contribution in [1.29, 1.82) is 0 Å². The highest BCUT2D eigenvalue weighted by atomic mass is 32.1. The number of thiocarbonyl (C=S) groups is 1. The minimum Gasteiger partial charge on any atom is -0.356 e.